The highest BCUT2D eigenvalue weighted by atomic mass is 35.5. The number of hydrogen-bond donors (Lipinski definition) is 0. The van der Waals surface area contributed by atoms with Crippen LogP contribution in [-0.2, 0) is 14.2 Å². The van der Waals surface area contributed by atoms with Gasteiger partial charge in [0.05, 0.1) is 26.4 Å². The zero-order valence-electron chi connectivity index (χ0n) is 7.29. The van der Waals surface area contributed by atoms with Crippen LogP contribution in [0.25, 0.3) is 0 Å². The quantitative estimate of drug-likeness (QED) is 0.496. The van der Waals surface area contributed by atoms with E-state index in [1.807, 2.05) is 6.92 Å². The summed E-state index contributed by atoms with van der Waals surface area (Å²) in [6.45, 7) is 5.15. The van der Waals surface area contributed by atoms with Gasteiger partial charge in [-0.25, -0.2) is 0 Å². The van der Waals surface area contributed by atoms with Crippen molar-refractivity contribution in [3.8, 4) is 0 Å². The molecule has 72 valence electrons. The molecule has 0 aromatic carbocycles. The first-order valence-electron chi connectivity index (χ1n) is 4.23. The molecule has 2 saturated heterocycles. The Morgan fingerprint density at radius 2 is 1.58 bits per heavy atom. The van der Waals surface area contributed by atoms with Crippen molar-refractivity contribution in [2.24, 2.45) is 0 Å². The second kappa shape index (κ2) is 5.75. The lowest BCUT2D eigenvalue weighted by Gasteiger charge is -1.95. The number of halogens is 1. The van der Waals surface area contributed by atoms with Crippen molar-refractivity contribution in [3.05, 3.63) is 0 Å². The summed E-state index contributed by atoms with van der Waals surface area (Å²) in [5.74, 6) is 0.722. The minimum absolute atomic E-state index is 0.392. The third-order valence-electron chi connectivity index (χ3n) is 1.41. The Morgan fingerprint density at radius 3 is 1.83 bits per heavy atom. The van der Waals surface area contributed by atoms with Crippen molar-refractivity contribution in [1.82, 2.24) is 0 Å². The zero-order chi connectivity index (χ0) is 8.81. The summed E-state index contributed by atoms with van der Waals surface area (Å²) in [6.07, 6.45) is 0.785. The van der Waals surface area contributed by atoms with Crippen molar-refractivity contribution in [2.45, 2.75) is 19.1 Å². The van der Waals surface area contributed by atoms with Crippen molar-refractivity contribution in [1.29, 1.82) is 0 Å². The molecule has 2 unspecified atom stereocenters. The van der Waals surface area contributed by atoms with Crippen LogP contribution in [0.4, 0.5) is 0 Å². The Hall–Kier alpha value is 0.170. The van der Waals surface area contributed by atoms with Gasteiger partial charge < -0.3 is 14.2 Å². The second-order valence-corrected chi connectivity index (χ2v) is 3.25. The summed E-state index contributed by atoms with van der Waals surface area (Å²) >= 11 is 5.00. The fourth-order valence-corrected chi connectivity index (χ4v) is 0.659. The van der Waals surface area contributed by atoms with Crippen LogP contribution in [0.5, 0.6) is 0 Å². The van der Waals surface area contributed by atoms with E-state index in [1.165, 1.54) is 0 Å². The van der Waals surface area contributed by atoms with Crippen LogP contribution < -0.4 is 0 Å². The molecule has 0 aromatic heterocycles. The minimum atomic E-state index is 0.392. The largest absolute Gasteiger partial charge is 0.376 e. The van der Waals surface area contributed by atoms with Gasteiger partial charge in [0.25, 0.3) is 0 Å². The molecule has 2 heterocycles. The van der Waals surface area contributed by atoms with E-state index in [2.05, 4.69) is 0 Å². The highest BCUT2D eigenvalue weighted by Crippen LogP contribution is 2.12. The normalized spacial score (nSPS) is 30.5. The van der Waals surface area contributed by atoms with Gasteiger partial charge in [-0.3, -0.25) is 0 Å². The zero-order valence-corrected chi connectivity index (χ0v) is 8.05. The number of alkyl halides is 1. The van der Waals surface area contributed by atoms with Gasteiger partial charge in [0, 0.05) is 5.88 Å². The van der Waals surface area contributed by atoms with Gasteiger partial charge in [-0.1, -0.05) is 6.92 Å². The first-order valence-corrected chi connectivity index (χ1v) is 4.77. The van der Waals surface area contributed by atoms with E-state index in [4.69, 9.17) is 25.8 Å². The molecular weight excluding hydrogens is 180 g/mol. The summed E-state index contributed by atoms with van der Waals surface area (Å²) in [5.41, 5.74) is 0. The standard InChI is InChI=1S/C6H10O3.C2H5Cl/c1(5-3-8-5)7-2-6-4-9-6;1-2-3/h5-6H,1-4H2;2H2,1H3. The number of rotatable bonds is 4. The number of epoxide rings is 2. The maximum Gasteiger partial charge on any atom is 0.104 e. The molecule has 2 aliphatic heterocycles. The number of ether oxygens (including phenoxy) is 3. The van der Waals surface area contributed by atoms with Crippen molar-refractivity contribution < 1.29 is 14.2 Å². The SMILES string of the molecule is C(OCC1CO1)C1CO1.CCCl. The Balaban J connectivity index is 0.000000213. The van der Waals surface area contributed by atoms with Crippen molar-refractivity contribution in [3.63, 3.8) is 0 Å². The predicted octanol–water partition coefficient (Wildman–Crippen LogP) is 1.05. The van der Waals surface area contributed by atoms with Gasteiger partial charge in [0.2, 0.25) is 0 Å². The summed E-state index contributed by atoms with van der Waals surface area (Å²) in [4.78, 5) is 0. The molecule has 0 radical (unpaired) electrons. The molecule has 2 rings (SSSR count). The van der Waals surface area contributed by atoms with E-state index < -0.39 is 0 Å². The predicted molar refractivity (Wildman–Crippen MR) is 46.7 cm³/mol. The minimum Gasteiger partial charge on any atom is -0.376 e. The third-order valence-corrected chi connectivity index (χ3v) is 1.41. The van der Waals surface area contributed by atoms with Crippen LogP contribution in [0.3, 0.4) is 0 Å². The van der Waals surface area contributed by atoms with Gasteiger partial charge in [0.1, 0.15) is 12.2 Å². The third kappa shape index (κ3) is 5.77. The molecule has 0 N–H and O–H groups in total. The lowest BCUT2D eigenvalue weighted by molar-refractivity contribution is 0.102. The molecule has 0 bridgehead atoms. The van der Waals surface area contributed by atoms with E-state index in [9.17, 15) is 0 Å². The molecule has 2 aliphatic rings. The molecule has 2 atom stereocenters. The van der Waals surface area contributed by atoms with Gasteiger partial charge >= 0.3 is 0 Å². The Labute approximate surface area is 77.9 Å². The molecule has 12 heavy (non-hydrogen) atoms. The molecular formula is C8H15ClO3. The van der Waals surface area contributed by atoms with E-state index in [0.29, 0.717) is 12.2 Å². The Kier molecular flexibility index (Phi) is 4.92. The van der Waals surface area contributed by atoms with Crippen LogP contribution in [-0.4, -0.2) is 44.5 Å². The molecule has 0 saturated carbocycles. The van der Waals surface area contributed by atoms with Gasteiger partial charge in [-0.2, -0.15) is 0 Å². The number of hydrogen-bond acceptors (Lipinski definition) is 3. The van der Waals surface area contributed by atoms with Crippen LogP contribution in [0.15, 0.2) is 0 Å². The topological polar surface area (TPSA) is 34.3 Å². The molecule has 2 fully saturated rings. The van der Waals surface area contributed by atoms with Gasteiger partial charge in [0.15, 0.2) is 0 Å². The van der Waals surface area contributed by atoms with E-state index in [1.54, 1.807) is 0 Å². The van der Waals surface area contributed by atoms with Crippen LogP contribution >= 0.6 is 11.6 Å². The first kappa shape index (κ1) is 10.3. The van der Waals surface area contributed by atoms with Gasteiger partial charge in [-0.05, 0) is 0 Å². The molecule has 3 nitrogen and oxygen atoms in total. The maximum atomic E-state index is 5.23. The van der Waals surface area contributed by atoms with E-state index >= 15 is 0 Å². The maximum absolute atomic E-state index is 5.23. The van der Waals surface area contributed by atoms with Crippen LogP contribution in [0.1, 0.15) is 6.92 Å². The van der Waals surface area contributed by atoms with Crippen LogP contribution in [0, 0.1) is 0 Å². The fourth-order valence-electron chi connectivity index (χ4n) is 0.659. The first-order chi connectivity index (χ1) is 5.86. The van der Waals surface area contributed by atoms with E-state index in [0.717, 1.165) is 32.3 Å². The Bertz CT molecular complexity index is 101. The second-order valence-electron chi connectivity index (χ2n) is 2.72. The van der Waals surface area contributed by atoms with Gasteiger partial charge in [-0.15, -0.1) is 11.6 Å². The fraction of sp³-hybridized carbons (Fsp3) is 1.00. The summed E-state index contributed by atoms with van der Waals surface area (Å²) in [5, 5.41) is 0. The molecule has 0 aliphatic carbocycles. The summed E-state index contributed by atoms with van der Waals surface area (Å²) < 4.78 is 15.1. The lowest BCUT2D eigenvalue weighted by atomic mass is 10.5. The molecule has 4 heteroatoms. The molecule has 0 amide bonds. The van der Waals surface area contributed by atoms with Crippen LogP contribution in [0.2, 0.25) is 0 Å². The monoisotopic (exact) mass is 194 g/mol. The van der Waals surface area contributed by atoms with Crippen molar-refractivity contribution >= 4 is 11.6 Å². The highest BCUT2D eigenvalue weighted by Gasteiger charge is 2.26. The lowest BCUT2D eigenvalue weighted by Crippen LogP contribution is -2.06. The van der Waals surface area contributed by atoms with E-state index in [-0.39, 0.29) is 0 Å². The highest BCUT2D eigenvalue weighted by molar-refractivity contribution is 6.17. The smallest absolute Gasteiger partial charge is 0.104 e. The summed E-state index contributed by atoms with van der Waals surface area (Å²) in [6, 6.07) is 0. The average Bonchev–Trinajstić information content (AvgIpc) is 2.82. The molecule has 0 aromatic rings. The molecule has 0 spiro atoms. The average molecular weight is 195 g/mol. The van der Waals surface area contributed by atoms with Crippen molar-refractivity contribution in [2.75, 3.05) is 32.3 Å². The summed E-state index contributed by atoms with van der Waals surface area (Å²) in [7, 11) is 0. The Morgan fingerprint density at radius 1 is 1.25 bits per heavy atom.